The number of carbonyl (C=O) groups excluding carboxylic acids is 1. The lowest BCUT2D eigenvalue weighted by Crippen LogP contribution is -2.64. The van der Waals surface area contributed by atoms with Gasteiger partial charge in [0.15, 0.2) is 0 Å². The normalized spacial score (nSPS) is 12.4. The average Bonchev–Trinajstić information content (AvgIpc) is 0.690. The minimum atomic E-state index is -0.490. The molecule has 0 aromatic heterocycles. The van der Waals surface area contributed by atoms with Gasteiger partial charge < -0.3 is 4.74 Å². The standard InChI is InChI=1S/C116H232O2/c1-11-21-31-41-51-61-63-65-66-67-68-70-74-84-94-104-113(102-92-82-72-53-43-33-23-13-3,103-93-83-73-54-44-34-24-14-4)115(107-97-87-77-57-47-37-27-17-7,108-98-88-78-58-48-38-28-18-8)116(109-99-89-79-59-49-39-29-19-9,110-100-90-80-60-50-40-30-20-10)114(105-95-85-75-55-45-35-25-15-5,106-96-86-76-56-46-36-26-16-6)112(117)118-111-101-91-81-71-69-64-62-52-42-32-22-12-2/h11-111H2,1-10H3. The monoisotopic (exact) mass is 1660 g/mol. The Hall–Kier alpha value is -0.530. The molecule has 0 amide bonds. The van der Waals surface area contributed by atoms with E-state index in [9.17, 15) is 0 Å². The summed E-state index contributed by atoms with van der Waals surface area (Å²) in [5.74, 6) is 0.386. The maximum atomic E-state index is 18.2. The second-order valence-corrected chi connectivity index (χ2v) is 41.1. The van der Waals surface area contributed by atoms with Crippen molar-refractivity contribution in [1.82, 2.24) is 0 Å². The van der Waals surface area contributed by atoms with Crippen LogP contribution in [0.4, 0.5) is 0 Å². The van der Waals surface area contributed by atoms with Gasteiger partial charge in [-0.2, -0.15) is 0 Å². The highest BCUT2D eigenvalue weighted by molar-refractivity contribution is 5.78. The van der Waals surface area contributed by atoms with E-state index < -0.39 is 5.41 Å². The molecule has 0 unspecified atom stereocenters. The molecule has 0 heterocycles. The van der Waals surface area contributed by atoms with Gasteiger partial charge in [0.25, 0.3) is 0 Å². The van der Waals surface area contributed by atoms with E-state index in [1.165, 1.54) is 623 Å². The molecule has 0 aromatic carbocycles. The van der Waals surface area contributed by atoms with Crippen molar-refractivity contribution >= 4 is 5.97 Å². The molecule has 0 aliphatic carbocycles. The first-order valence-electron chi connectivity index (χ1n) is 57.4. The van der Waals surface area contributed by atoms with Crippen molar-refractivity contribution in [3.63, 3.8) is 0 Å². The smallest absolute Gasteiger partial charge is 0.312 e. The molecule has 0 fully saturated rings. The molecule has 0 aliphatic heterocycles. The summed E-state index contributed by atoms with van der Waals surface area (Å²) in [5, 5.41) is 0. The Morgan fingerprint density at radius 2 is 0.271 bits per heavy atom. The summed E-state index contributed by atoms with van der Waals surface area (Å²) < 4.78 is 7.76. The van der Waals surface area contributed by atoms with Gasteiger partial charge in [0, 0.05) is 0 Å². The number of carbonyl (C=O) groups is 1. The third-order valence-corrected chi connectivity index (χ3v) is 30.5. The number of esters is 1. The average molecular weight is 1660 g/mol. The fourth-order valence-electron chi connectivity index (χ4n) is 22.9. The van der Waals surface area contributed by atoms with Crippen molar-refractivity contribution in [3.8, 4) is 0 Å². The minimum Gasteiger partial charge on any atom is -0.465 e. The molecule has 0 aliphatic rings. The molecular weight excluding hydrogens is 1430 g/mol. The van der Waals surface area contributed by atoms with Crippen molar-refractivity contribution in [3.05, 3.63) is 0 Å². The van der Waals surface area contributed by atoms with Crippen molar-refractivity contribution in [2.24, 2.45) is 21.7 Å². The number of unbranched alkanes of at least 4 members (excludes halogenated alkanes) is 81. The van der Waals surface area contributed by atoms with E-state index in [0.29, 0.717) is 12.6 Å². The van der Waals surface area contributed by atoms with Crippen LogP contribution < -0.4 is 0 Å². The zero-order chi connectivity index (χ0) is 85.7. The highest BCUT2D eigenvalue weighted by Crippen LogP contribution is 2.74. The fraction of sp³-hybridized carbons (Fsp3) is 0.991. The Labute approximate surface area is 750 Å². The molecule has 0 aromatic rings. The molecule has 0 spiro atoms. The van der Waals surface area contributed by atoms with Crippen LogP contribution in [0.5, 0.6) is 0 Å². The Morgan fingerprint density at radius 1 is 0.144 bits per heavy atom. The van der Waals surface area contributed by atoms with E-state index in [2.05, 4.69) is 69.2 Å². The molecule has 0 saturated carbocycles. The quantitative estimate of drug-likeness (QED) is 0.0448. The van der Waals surface area contributed by atoms with Crippen LogP contribution in [0.3, 0.4) is 0 Å². The summed E-state index contributed by atoms with van der Waals surface area (Å²) in [6.45, 7) is 24.7. The zero-order valence-electron chi connectivity index (χ0n) is 84.7. The molecule has 2 heteroatoms. The van der Waals surface area contributed by atoms with Crippen LogP contribution in [0.25, 0.3) is 0 Å². The summed E-state index contributed by atoms with van der Waals surface area (Å²) in [6, 6.07) is 0. The van der Waals surface area contributed by atoms with E-state index in [0.717, 1.165) is 19.3 Å². The van der Waals surface area contributed by atoms with Gasteiger partial charge in [0.1, 0.15) is 0 Å². The fourth-order valence-corrected chi connectivity index (χ4v) is 22.9. The first kappa shape index (κ1) is 117. The Morgan fingerprint density at radius 3 is 0.441 bits per heavy atom. The van der Waals surface area contributed by atoms with Gasteiger partial charge in [0.2, 0.25) is 0 Å². The van der Waals surface area contributed by atoms with E-state index in [4.69, 9.17) is 4.74 Å². The molecule has 0 atom stereocenters. The highest BCUT2D eigenvalue weighted by Gasteiger charge is 2.69. The van der Waals surface area contributed by atoms with Crippen LogP contribution in [-0.2, 0) is 9.53 Å². The lowest BCUT2D eigenvalue weighted by Gasteiger charge is -2.68. The van der Waals surface area contributed by atoms with Crippen molar-refractivity contribution in [2.75, 3.05) is 6.61 Å². The number of ether oxygens (including phenoxy) is 1. The van der Waals surface area contributed by atoms with Gasteiger partial charge >= 0.3 is 5.97 Å². The van der Waals surface area contributed by atoms with Crippen molar-refractivity contribution in [2.45, 2.75) is 711 Å². The molecule has 0 bridgehead atoms. The van der Waals surface area contributed by atoms with Gasteiger partial charge in [-0.05, 0) is 80.5 Å². The third kappa shape index (κ3) is 64.2. The van der Waals surface area contributed by atoms with Gasteiger partial charge in [-0.25, -0.2) is 0 Å². The Bertz CT molecular complexity index is 1780. The predicted octanol–water partition coefficient (Wildman–Crippen LogP) is 43.7. The molecule has 0 rings (SSSR count). The van der Waals surface area contributed by atoms with Gasteiger partial charge in [-0.1, -0.05) is 647 Å². The second-order valence-electron chi connectivity index (χ2n) is 41.1. The Kier molecular flexibility index (Phi) is 93.7. The molecule has 0 saturated heterocycles. The zero-order valence-corrected chi connectivity index (χ0v) is 84.7. The topological polar surface area (TPSA) is 26.3 Å². The molecular formula is C116H232O2. The van der Waals surface area contributed by atoms with Crippen LogP contribution in [0.2, 0.25) is 0 Å². The van der Waals surface area contributed by atoms with E-state index in [1.54, 1.807) is 0 Å². The van der Waals surface area contributed by atoms with Crippen LogP contribution >= 0.6 is 0 Å². The maximum absolute atomic E-state index is 18.2. The molecule has 118 heavy (non-hydrogen) atoms. The van der Waals surface area contributed by atoms with Gasteiger partial charge in [-0.15, -0.1) is 0 Å². The summed E-state index contributed by atoms with van der Waals surface area (Å²) >= 11 is 0. The molecule has 2 nitrogen and oxygen atoms in total. The molecule has 708 valence electrons. The van der Waals surface area contributed by atoms with Crippen LogP contribution in [-0.4, -0.2) is 12.6 Å². The largest absolute Gasteiger partial charge is 0.465 e. The molecule has 0 radical (unpaired) electrons. The van der Waals surface area contributed by atoms with Crippen molar-refractivity contribution < 1.29 is 9.53 Å². The van der Waals surface area contributed by atoms with Crippen LogP contribution in [0.1, 0.15) is 711 Å². The summed E-state index contributed by atoms with van der Waals surface area (Å²) in [7, 11) is 0. The summed E-state index contributed by atoms with van der Waals surface area (Å²) in [6.07, 6.45) is 138. The highest BCUT2D eigenvalue weighted by atomic mass is 16.5. The SMILES string of the molecule is CCCCCCCCCCCCCCCCCC(CCCCCCCCCC)(CCCCCCCCCC)C(CCCCCCCCCC)(CCCCCCCCCC)C(CCCCCCCCCC)(CCCCCCCCCC)C(CCCCCCCCCC)(CCCCCCCCCC)C(=O)OCCCCCCCCCCCCCC. The van der Waals surface area contributed by atoms with E-state index in [1.807, 2.05) is 0 Å². The number of hydrogen-bond acceptors (Lipinski definition) is 2. The first-order chi connectivity index (χ1) is 58.3. The lowest BCUT2D eigenvalue weighted by molar-refractivity contribution is -0.218. The predicted molar refractivity (Wildman–Crippen MR) is 539 cm³/mol. The summed E-state index contributed by atoms with van der Waals surface area (Å²) in [4.78, 5) is 18.2. The second kappa shape index (κ2) is 94.1. The molecule has 0 N–H and O–H groups in total. The van der Waals surface area contributed by atoms with Gasteiger partial charge in [-0.3, -0.25) is 4.79 Å². The van der Waals surface area contributed by atoms with E-state index in [-0.39, 0.29) is 16.2 Å². The minimum absolute atomic E-state index is 0.0558. The first-order valence-corrected chi connectivity index (χ1v) is 57.4. The van der Waals surface area contributed by atoms with Crippen LogP contribution in [0.15, 0.2) is 0 Å². The Balaban J connectivity index is 10.0. The third-order valence-electron chi connectivity index (χ3n) is 30.5. The summed E-state index contributed by atoms with van der Waals surface area (Å²) in [5.41, 5.74) is -0.370. The maximum Gasteiger partial charge on any atom is 0.312 e. The van der Waals surface area contributed by atoms with Crippen LogP contribution in [0, 0.1) is 21.7 Å². The van der Waals surface area contributed by atoms with Gasteiger partial charge in [0.05, 0.1) is 12.0 Å². The van der Waals surface area contributed by atoms with E-state index >= 15 is 4.79 Å². The number of hydrogen-bond donors (Lipinski definition) is 0. The number of rotatable bonds is 105. The lowest BCUT2D eigenvalue weighted by atomic mass is 9.35. The van der Waals surface area contributed by atoms with Crippen molar-refractivity contribution in [1.29, 1.82) is 0 Å².